The SMILES string of the molecule is COC(=O)[C@H](CNc1cc(C)nc(-c2cccc([N+](=O)[O-])c2)n1)c1ccccc1. The van der Waals surface area contributed by atoms with E-state index in [0.29, 0.717) is 22.9 Å². The quantitative estimate of drug-likeness (QED) is 0.371. The zero-order valence-corrected chi connectivity index (χ0v) is 16.0. The highest BCUT2D eigenvalue weighted by molar-refractivity contribution is 5.78. The van der Waals surface area contributed by atoms with Gasteiger partial charge in [-0.25, -0.2) is 9.97 Å². The van der Waals surface area contributed by atoms with Crippen molar-refractivity contribution in [1.29, 1.82) is 0 Å². The number of non-ortho nitro benzene ring substituents is 1. The van der Waals surface area contributed by atoms with E-state index >= 15 is 0 Å². The lowest BCUT2D eigenvalue weighted by Crippen LogP contribution is -2.23. The second kappa shape index (κ2) is 8.92. The van der Waals surface area contributed by atoms with Gasteiger partial charge in [0.2, 0.25) is 0 Å². The van der Waals surface area contributed by atoms with Gasteiger partial charge in [-0.1, -0.05) is 42.5 Å². The highest BCUT2D eigenvalue weighted by atomic mass is 16.6. The number of nitrogens with zero attached hydrogens (tertiary/aromatic N) is 3. The van der Waals surface area contributed by atoms with Gasteiger partial charge in [-0.05, 0) is 12.5 Å². The molecule has 29 heavy (non-hydrogen) atoms. The topological polar surface area (TPSA) is 107 Å². The van der Waals surface area contributed by atoms with E-state index in [0.717, 1.165) is 5.56 Å². The van der Waals surface area contributed by atoms with E-state index in [1.54, 1.807) is 18.2 Å². The molecule has 0 aliphatic heterocycles. The minimum atomic E-state index is -0.502. The van der Waals surface area contributed by atoms with Gasteiger partial charge < -0.3 is 10.1 Å². The molecule has 0 unspecified atom stereocenters. The monoisotopic (exact) mass is 392 g/mol. The number of benzene rings is 2. The van der Waals surface area contributed by atoms with Gasteiger partial charge in [-0.2, -0.15) is 0 Å². The Labute approximate surface area is 167 Å². The number of hydrogen-bond acceptors (Lipinski definition) is 7. The summed E-state index contributed by atoms with van der Waals surface area (Å²) < 4.78 is 4.93. The number of aromatic nitrogens is 2. The van der Waals surface area contributed by atoms with Crippen LogP contribution in [0.3, 0.4) is 0 Å². The summed E-state index contributed by atoms with van der Waals surface area (Å²) in [5, 5.41) is 14.2. The molecule has 148 valence electrons. The van der Waals surface area contributed by atoms with Gasteiger partial charge in [0.25, 0.3) is 5.69 Å². The van der Waals surface area contributed by atoms with Crippen LogP contribution in [-0.2, 0) is 9.53 Å². The first-order valence-electron chi connectivity index (χ1n) is 8.95. The number of nitro benzene ring substituents is 1. The smallest absolute Gasteiger partial charge is 0.314 e. The van der Waals surface area contributed by atoms with Crippen LogP contribution in [0.1, 0.15) is 17.2 Å². The average molecular weight is 392 g/mol. The van der Waals surface area contributed by atoms with Crippen LogP contribution in [-0.4, -0.2) is 34.5 Å². The Morgan fingerprint density at radius 3 is 2.59 bits per heavy atom. The first-order valence-corrected chi connectivity index (χ1v) is 8.95. The number of methoxy groups -OCH3 is 1. The van der Waals surface area contributed by atoms with Gasteiger partial charge in [-0.15, -0.1) is 0 Å². The fraction of sp³-hybridized carbons (Fsp3) is 0.190. The van der Waals surface area contributed by atoms with Crippen LogP contribution in [0.5, 0.6) is 0 Å². The van der Waals surface area contributed by atoms with Crippen LogP contribution in [0.25, 0.3) is 11.4 Å². The van der Waals surface area contributed by atoms with Crippen molar-refractivity contribution in [3.05, 3.63) is 82.0 Å². The lowest BCUT2D eigenvalue weighted by molar-refractivity contribution is -0.384. The maximum atomic E-state index is 12.2. The van der Waals surface area contributed by atoms with Crippen LogP contribution in [0.2, 0.25) is 0 Å². The summed E-state index contributed by atoms with van der Waals surface area (Å²) in [6, 6.07) is 17.2. The Hall–Kier alpha value is -3.81. The highest BCUT2D eigenvalue weighted by Gasteiger charge is 2.21. The maximum absolute atomic E-state index is 12.2. The minimum absolute atomic E-state index is 0.0306. The van der Waals surface area contributed by atoms with Gasteiger partial charge in [0, 0.05) is 36.0 Å². The summed E-state index contributed by atoms with van der Waals surface area (Å²) in [7, 11) is 1.35. The number of rotatable bonds is 7. The molecule has 1 heterocycles. The number of aryl methyl sites for hydroxylation is 1. The Balaban J connectivity index is 1.85. The van der Waals surface area contributed by atoms with Gasteiger partial charge >= 0.3 is 5.97 Å². The number of anilines is 1. The largest absolute Gasteiger partial charge is 0.468 e. The van der Waals surface area contributed by atoms with Crippen molar-refractivity contribution in [3.8, 4) is 11.4 Å². The third-order valence-electron chi connectivity index (χ3n) is 4.34. The van der Waals surface area contributed by atoms with Gasteiger partial charge in [0.1, 0.15) is 5.82 Å². The number of hydrogen-bond donors (Lipinski definition) is 1. The summed E-state index contributed by atoms with van der Waals surface area (Å²) in [5.41, 5.74) is 2.03. The minimum Gasteiger partial charge on any atom is -0.468 e. The van der Waals surface area contributed by atoms with Crippen LogP contribution < -0.4 is 5.32 Å². The molecule has 1 aromatic heterocycles. The van der Waals surface area contributed by atoms with Crippen molar-refractivity contribution >= 4 is 17.5 Å². The Morgan fingerprint density at radius 1 is 1.14 bits per heavy atom. The lowest BCUT2D eigenvalue weighted by Gasteiger charge is -2.16. The van der Waals surface area contributed by atoms with E-state index < -0.39 is 10.8 Å². The van der Waals surface area contributed by atoms with E-state index in [2.05, 4.69) is 15.3 Å². The lowest BCUT2D eigenvalue weighted by atomic mass is 9.99. The molecule has 8 heteroatoms. The Bertz CT molecular complexity index is 1020. The molecule has 0 spiro atoms. The number of nitrogens with one attached hydrogen (secondary N) is 1. The Morgan fingerprint density at radius 2 is 1.90 bits per heavy atom. The highest BCUT2D eigenvalue weighted by Crippen LogP contribution is 2.23. The molecule has 0 amide bonds. The second-order valence-electron chi connectivity index (χ2n) is 6.39. The maximum Gasteiger partial charge on any atom is 0.314 e. The van der Waals surface area contributed by atoms with Crippen molar-refractivity contribution in [2.24, 2.45) is 0 Å². The van der Waals surface area contributed by atoms with Gasteiger partial charge in [0.15, 0.2) is 5.82 Å². The standard InChI is InChI=1S/C21H20N4O4/c1-14-11-19(22-13-18(21(26)29-2)15-7-4-3-5-8-15)24-20(23-14)16-9-6-10-17(12-16)25(27)28/h3-12,18H,13H2,1-2H3,(H,22,23,24)/t18-/m1/s1. The molecule has 3 rings (SSSR count). The molecule has 0 bridgehead atoms. The second-order valence-corrected chi connectivity index (χ2v) is 6.39. The van der Waals surface area contributed by atoms with Crippen molar-refractivity contribution in [1.82, 2.24) is 9.97 Å². The zero-order valence-electron chi connectivity index (χ0n) is 16.0. The molecule has 1 N–H and O–H groups in total. The summed E-state index contributed by atoms with van der Waals surface area (Å²) in [5.74, 6) is 0.0282. The summed E-state index contributed by atoms with van der Waals surface area (Å²) in [4.78, 5) is 31.6. The van der Waals surface area contributed by atoms with E-state index in [4.69, 9.17) is 4.74 Å². The van der Waals surface area contributed by atoms with Gasteiger partial charge in [0.05, 0.1) is 18.0 Å². The van der Waals surface area contributed by atoms with Crippen LogP contribution >= 0.6 is 0 Å². The molecule has 8 nitrogen and oxygen atoms in total. The fourth-order valence-electron chi connectivity index (χ4n) is 2.92. The zero-order chi connectivity index (χ0) is 20.8. The molecule has 0 aliphatic rings. The number of carbonyl (C=O) groups excluding carboxylic acids is 1. The number of ether oxygens (including phenoxy) is 1. The molecule has 0 aliphatic carbocycles. The molecule has 2 aromatic carbocycles. The summed E-state index contributed by atoms with van der Waals surface area (Å²) in [6.45, 7) is 2.09. The predicted molar refractivity (Wildman–Crippen MR) is 109 cm³/mol. The van der Waals surface area contributed by atoms with Crippen molar-refractivity contribution in [2.75, 3.05) is 19.0 Å². The molecule has 0 saturated carbocycles. The first-order chi connectivity index (χ1) is 14.0. The molecule has 3 aromatic rings. The molecular formula is C21H20N4O4. The summed E-state index contributed by atoms with van der Waals surface area (Å²) in [6.07, 6.45) is 0. The van der Waals surface area contributed by atoms with Gasteiger partial charge in [-0.3, -0.25) is 14.9 Å². The normalized spacial score (nSPS) is 11.5. The van der Waals surface area contributed by atoms with E-state index in [-0.39, 0.29) is 18.2 Å². The molecule has 1 atom stereocenters. The molecule has 0 saturated heterocycles. The molecule has 0 fully saturated rings. The van der Waals surface area contributed by atoms with E-state index in [9.17, 15) is 14.9 Å². The van der Waals surface area contributed by atoms with Crippen molar-refractivity contribution in [3.63, 3.8) is 0 Å². The number of carbonyl (C=O) groups is 1. The van der Waals surface area contributed by atoms with Crippen molar-refractivity contribution < 1.29 is 14.5 Å². The third-order valence-corrected chi connectivity index (χ3v) is 4.34. The number of nitro groups is 1. The number of esters is 1. The molecule has 0 radical (unpaired) electrons. The fourth-order valence-corrected chi connectivity index (χ4v) is 2.92. The van der Waals surface area contributed by atoms with Crippen LogP contribution in [0, 0.1) is 17.0 Å². The average Bonchev–Trinajstić information content (AvgIpc) is 2.74. The summed E-state index contributed by atoms with van der Waals surface area (Å²) >= 11 is 0. The predicted octanol–water partition coefficient (Wildman–Crippen LogP) is 3.73. The van der Waals surface area contributed by atoms with Crippen LogP contribution in [0.4, 0.5) is 11.5 Å². The Kier molecular flexibility index (Phi) is 6.13. The van der Waals surface area contributed by atoms with Crippen molar-refractivity contribution in [2.45, 2.75) is 12.8 Å². The van der Waals surface area contributed by atoms with E-state index in [1.165, 1.54) is 19.2 Å². The third kappa shape index (κ3) is 4.92. The van der Waals surface area contributed by atoms with Crippen LogP contribution in [0.15, 0.2) is 60.7 Å². The first kappa shape index (κ1) is 19.9. The molecular weight excluding hydrogens is 372 g/mol. The van der Waals surface area contributed by atoms with E-state index in [1.807, 2.05) is 37.3 Å².